The lowest BCUT2D eigenvalue weighted by Crippen LogP contribution is -2.49. The molecule has 1 saturated heterocycles. The van der Waals surface area contributed by atoms with E-state index in [0.717, 1.165) is 12.8 Å². The van der Waals surface area contributed by atoms with Gasteiger partial charge in [-0.1, -0.05) is 0 Å². The standard InChI is InChI=1S/C12H22N2O4/c1-4-17-10(15)8-13-11(16)14-9-5-6-18-12(2,3)7-9/h9H,4-8H2,1-3H3,(H2,13,14,16). The van der Waals surface area contributed by atoms with Crippen molar-refractivity contribution in [3.8, 4) is 0 Å². The zero-order valence-corrected chi connectivity index (χ0v) is 11.2. The van der Waals surface area contributed by atoms with E-state index >= 15 is 0 Å². The third-order valence-corrected chi connectivity index (χ3v) is 2.73. The first-order valence-corrected chi connectivity index (χ1v) is 6.27. The molecule has 0 radical (unpaired) electrons. The smallest absolute Gasteiger partial charge is 0.325 e. The third-order valence-electron chi connectivity index (χ3n) is 2.73. The molecule has 104 valence electrons. The average Bonchev–Trinajstić information content (AvgIpc) is 2.25. The number of carbonyl (C=O) groups is 2. The van der Waals surface area contributed by atoms with Crippen LogP contribution >= 0.6 is 0 Å². The molecule has 0 aliphatic carbocycles. The maximum atomic E-state index is 11.6. The minimum Gasteiger partial charge on any atom is -0.465 e. The molecular weight excluding hydrogens is 236 g/mol. The Morgan fingerprint density at radius 2 is 2.17 bits per heavy atom. The van der Waals surface area contributed by atoms with E-state index in [4.69, 9.17) is 9.47 Å². The van der Waals surface area contributed by atoms with Crippen molar-refractivity contribution < 1.29 is 19.1 Å². The average molecular weight is 258 g/mol. The van der Waals surface area contributed by atoms with Crippen molar-refractivity contribution in [3.63, 3.8) is 0 Å². The molecule has 0 aromatic carbocycles. The molecule has 1 fully saturated rings. The van der Waals surface area contributed by atoms with Gasteiger partial charge in [-0.15, -0.1) is 0 Å². The number of hydrogen-bond donors (Lipinski definition) is 2. The normalized spacial score (nSPS) is 22.1. The zero-order valence-electron chi connectivity index (χ0n) is 11.2. The van der Waals surface area contributed by atoms with Gasteiger partial charge in [0.2, 0.25) is 0 Å². The number of hydrogen-bond acceptors (Lipinski definition) is 4. The Morgan fingerprint density at radius 1 is 1.44 bits per heavy atom. The van der Waals surface area contributed by atoms with Crippen molar-refractivity contribution in [2.75, 3.05) is 19.8 Å². The molecule has 18 heavy (non-hydrogen) atoms. The van der Waals surface area contributed by atoms with Crippen LogP contribution in [0.4, 0.5) is 4.79 Å². The van der Waals surface area contributed by atoms with Crippen LogP contribution in [0.2, 0.25) is 0 Å². The summed E-state index contributed by atoms with van der Waals surface area (Å²) >= 11 is 0. The summed E-state index contributed by atoms with van der Waals surface area (Å²) < 4.78 is 10.3. The Hall–Kier alpha value is -1.30. The maximum Gasteiger partial charge on any atom is 0.325 e. The van der Waals surface area contributed by atoms with Crippen molar-refractivity contribution in [1.29, 1.82) is 0 Å². The van der Waals surface area contributed by atoms with E-state index < -0.39 is 5.97 Å². The fraction of sp³-hybridized carbons (Fsp3) is 0.833. The van der Waals surface area contributed by atoms with E-state index in [-0.39, 0.29) is 24.2 Å². The molecule has 0 bridgehead atoms. The van der Waals surface area contributed by atoms with Gasteiger partial charge in [0, 0.05) is 12.6 Å². The summed E-state index contributed by atoms with van der Waals surface area (Å²) in [7, 11) is 0. The number of rotatable bonds is 4. The summed E-state index contributed by atoms with van der Waals surface area (Å²) in [6.07, 6.45) is 1.55. The van der Waals surface area contributed by atoms with Crippen LogP contribution in [0.5, 0.6) is 0 Å². The summed E-state index contributed by atoms with van der Waals surface area (Å²) in [6.45, 7) is 6.56. The highest BCUT2D eigenvalue weighted by molar-refractivity contribution is 5.80. The second kappa shape index (κ2) is 6.58. The van der Waals surface area contributed by atoms with Crippen LogP contribution in [-0.4, -0.2) is 43.4 Å². The van der Waals surface area contributed by atoms with Crippen molar-refractivity contribution >= 4 is 12.0 Å². The first-order valence-electron chi connectivity index (χ1n) is 6.27. The molecule has 1 heterocycles. The highest BCUT2D eigenvalue weighted by atomic mass is 16.5. The van der Waals surface area contributed by atoms with Crippen LogP contribution in [0.25, 0.3) is 0 Å². The van der Waals surface area contributed by atoms with Crippen LogP contribution in [-0.2, 0) is 14.3 Å². The molecule has 1 atom stereocenters. The van der Waals surface area contributed by atoms with Crippen molar-refractivity contribution in [1.82, 2.24) is 10.6 Å². The number of carbonyl (C=O) groups excluding carboxylic acids is 2. The predicted octanol–water partition coefficient (Wildman–Crippen LogP) is 0.806. The summed E-state index contributed by atoms with van der Waals surface area (Å²) in [6, 6.07) is -0.262. The fourth-order valence-corrected chi connectivity index (χ4v) is 1.96. The van der Waals surface area contributed by atoms with Crippen molar-refractivity contribution in [3.05, 3.63) is 0 Å². The van der Waals surface area contributed by atoms with Gasteiger partial charge in [-0.3, -0.25) is 4.79 Å². The molecule has 0 aromatic heterocycles. The second-order valence-electron chi connectivity index (χ2n) is 4.93. The Balaban J connectivity index is 2.25. The Morgan fingerprint density at radius 3 is 2.78 bits per heavy atom. The van der Waals surface area contributed by atoms with Gasteiger partial charge in [-0.05, 0) is 33.6 Å². The minimum atomic E-state index is -0.431. The second-order valence-corrected chi connectivity index (χ2v) is 4.93. The molecule has 1 aliphatic heterocycles. The fourth-order valence-electron chi connectivity index (χ4n) is 1.96. The van der Waals surface area contributed by atoms with E-state index in [2.05, 4.69) is 10.6 Å². The van der Waals surface area contributed by atoms with E-state index in [1.807, 2.05) is 13.8 Å². The topological polar surface area (TPSA) is 76.7 Å². The van der Waals surface area contributed by atoms with Crippen molar-refractivity contribution in [2.24, 2.45) is 0 Å². The van der Waals surface area contributed by atoms with E-state index in [1.165, 1.54) is 0 Å². The van der Waals surface area contributed by atoms with Gasteiger partial charge in [0.1, 0.15) is 6.54 Å². The molecule has 0 aromatic rings. The van der Waals surface area contributed by atoms with Gasteiger partial charge in [0.05, 0.1) is 12.2 Å². The number of urea groups is 1. The summed E-state index contributed by atoms with van der Waals surface area (Å²) in [5.41, 5.74) is -0.211. The first kappa shape index (κ1) is 14.8. The summed E-state index contributed by atoms with van der Waals surface area (Å²) in [5, 5.41) is 5.31. The molecule has 0 spiro atoms. The molecule has 1 unspecified atom stereocenters. The highest BCUT2D eigenvalue weighted by Gasteiger charge is 2.29. The van der Waals surface area contributed by atoms with Crippen LogP contribution < -0.4 is 10.6 Å². The highest BCUT2D eigenvalue weighted by Crippen LogP contribution is 2.23. The van der Waals surface area contributed by atoms with Gasteiger partial charge < -0.3 is 20.1 Å². The molecule has 2 amide bonds. The molecule has 1 rings (SSSR count). The largest absolute Gasteiger partial charge is 0.465 e. The Bertz CT molecular complexity index is 304. The van der Waals surface area contributed by atoms with Gasteiger partial charge >= 0.3 is 12.0 Å². The van der Waals surface area contributed by atoms with E-state index in [9.17, 15) is 9.59 Å². The van der Waals surface area contributed by atoms with Gasteiger partial charge in [0.25, 0.3) is 0 Å². The molecule has 1 aliphatic rings. The van der Waals surface area contributed by atoms with Crippen LogP contribution in [0.3, 0.4) is 0 Å². The monoisotopic (exact) mass is 258 g/mol. The maximum absolute atomic E-state index is 11.6. The number of amides is 2. The SMILES string of the molecule is CCOC(=O)CNC(=O)NC1CCOC(C)(C)C1. The minimum absolute atomic E-state index is 0.0796. The van der Waals surface area contributed by atoms with Crippen LogP contribution in [0.15, 0.2) is 0 Å². The quantitative estimate of drug-likeness (QED) is 0.731. The number of ether oxygens (including phenoxy) is 2. The first-order chi connectivity index (χ1) is 8.43. The summed E-state index contributed by atoms with van der Waals surface area (Å²) in [5.74, 6) is -0.431. The number of nitrogens with one attached hydrogen (secondary N) is 2. The molecule has 2 N–H and O–H groups in total. The Labute approximate surface area is 107 Å². The van der Waals surface area contributed by atoms with Gasteiger partial charge in [-0.2, -0.15) is 0 Å². The van der Waals surface area contributed by atoms with E-state index in [0.29, 0.717) is 13.2 Å². The molecule has 6 heteroatoms. The van der Waals surface area contributed by atoms with Crippen LogP contribution in [0.1, 0.15) is 33.6 Å². The Kier molecular flexibility index (Phi) is 5.40. The lowest BCUT2D eigenvalue weighted by molar-refractivity contribution is -0.141. The van der Waals surface area contributed by atoms with E-state index in [1.54, 1.807) is 6.92 Å². The molecule has 6 nitrogen and oxygen atoms in total. The molecular formula is C12H22N2O4. The summed E-state index contributed by atoms with van der Waals surface area (Å²) in [4.78, 5) is 22.6. The molecule has 0 saturated carbocycles. The van der Waals surface area contributed by atoms with Crippen LogP contribution in [0, 0.1) is 0 Å². The zero-order chi connectivity index (χ0) is 13.6. The number of esters is 1. The predicted molar refractivity (Wildman–Crippen MR) is 66.2 cm³/mol. The van der Waals surface area contributed by atoms with Crippen molar-refractivity contribution in [2.45, 2.75) is 45.3 Å². The van der Waals surface area contributed by atoms with Gasteiger partial charge in [0.15, 0.2) is 0 Å². The lowest BCUT2D eigenvalue weighted by Gasteiger charge is -2.35. The van der Waals surface area contributed by atoms with Gasteiger partial charge in [-0.25, -0.2) is 4.79 Å². The third kappa shape index (κ3) is 5.35. The lowest BCUT2D eigenvalue weighted by atomic mass is 9.94.